The number of fused-ring (bicyclic) bond motifs is 1. The van der Waals surface area contributed by atoms with Crippen LogP contribution in [0.15, 0.2) is 48.1 Å². The van der Waals surface area contributed by atoms with Crippen molar-refractivity contribution in [3.05, 3.63) is 75.1 Å². The van der Waals surface area contributed by atoms with Gasteiger partial charge in [-0.1, -0.05) is 23.2 Å². The first-order valence-electron chi connectivity index (χ1n) is 11.2. The second-order valence-corrected chi connectivity index (χ2v) is 13.3. The van der Waals surface area contributed by atoms with Crippen LogP contribution in [0.25, 0.3) is 21.5 Å². The number of pyridine rings is 3. The summed E-state index contributed by atoms with van der Waals surface area (Å²) in [6.45, 7) is 6.16. The van der Waals surface area contributed by atoms with Crippen molar-refractivity contribution < 1.29 is 22.5 Å². The topological polar surface area (TPSA) is 88.0 Å². The number of halogens is 5. The van der Waals surface area contributed by atoms with Gasteiger partial charge in [0.1, 0.15) is 10.8 Å². The third kappa shape index (κ3) is 5.59. The summed E-state index contributed by atoms with van der Waals surface area (Å²) in [5.74, 6) is 0. The predicted molar refractivity (Wildman–Crippen MR) is 146 cm³/mol. The molecule has 0 aliphatic rings. The van der Waals surface area contributed by atoms with Crippen molar-refractivity contribution in [2.75, 3.05) is 0 Å². The summed E-state index contributed by atoms with van der Waals surface area (Å²) in [5, 5.41) is 13.2. The van der Waals surface area contributed by atoms with Gasteiger partial charge in [-0.3, -0.25) is 9.97 Å². The molecule has 0 spiro atoms. The highest BCUT2D eigenvalue weighted by atomic mass is 35.5. The minimum Gasteiger partial charge on any atom is -0.376 e. The molecule has 3 atom stereocenters. The van der Waals surface area contributed by atoms with E-state index in [1.54, 1.807) is 18.2 Å². The van der Waals surface area contributed by atoms with E-state index in [-0.39, 0.29) is 16.4 Å². The van der Waals surface area contributed by atoms with E-state index in [0.29, 0.717) is 39.0 Å². The average molecular weight is 604 g/mol. The second kappa shape index (κ2) is 10.4. The largest absolute Gasteiger partial charge is 0.421 e. The van der Waals surface area contributed by atoms with Gasteiger partial charge in [-0.05, 0) is 74.5 Å². The minimum absolute atomic E-state index is 0.160. The molecule has 4 heterocycles. The molecule has 4 rings (SSSR count). The Morgan fingerprint density at radius 3 is 2.39 bits per heavy atom. The zero-order valence-corrected chi connectivity index (χ0v) is 23.7. The zero-order valence-electron chi connectivity index (χ0n) is 20.6. The molecule has 13 heteroatoms. The lowest BCUT2D eigenvalue weighted by atomic mass is 9.95. The molecule has 6 nitrogen and oxygen atoms in total. The molecule has 2 N–H and O–H groups in total. The summed E-state index contributed by atoms with van der Waals surface area (Å²) in [7, 11) is -1.52. The summed E-state index contributed by atoms with van der Waals surface area (Å²) in [6.07, 6.45) is -2.17. The fraction of sp³-hybridized carbons (Fsp3) is 0.320. The van der Waals surface area contributed by atoms with Crippen molar-refractivity contribution in [2.24, 2.45) is 0 Å². The first-order valence-corrected chi connectivity index (χ1v) is 14.0. The highest BCUT2D eigenvalue weighted by Gasteiger charge is 2.51. The summed E-state index contributed by atoms with van der Waals surface area (Å²) < 4.78 is 56.7. The Balaban J connectivity index is 1.87. The molecule has 4 aromatic heterocycles. The van der Waals surface area contributed by atoms with Crippen LogP contribution in [-0.2, 0) is 16.6 Å². The molecule has 0 saturated heterocycles. The van der Waals surface area contributed by atoms with Crippen molar-refractivity contribution in [1.29, 1.82) is 0 Å². The van der Waals surface area contributed by atoms with Crippen LogP contribution >= 0.6 is 34.5 Å². The predicted octanol–water partition coefficient (Wildman–Crippen LogP) is 6.97. The third-order valence-corrected chi connectivity index (χ3v) is 8.95. The quantitative estimate of drug-likeness (QED) is 0.233. The number of nitrogens with zero attached hydrogens (tertiary/aromatic N) is 3. The first kappa shape index (κ1) is 28.8. The first-order chi connectivity index (χ1) is 17.6. The molecule has 0 saturated carbocycles. The molecule has 0 fully saturated rings. The van der Waals surface area contributed by atoms with Crippen molar-refractivity contribution in [3.63, 3.8) is 0 Å². The maximum Gasteiger partial charge on any atom is 0.421 e. The van der Waals surface area contributed by atoms with Gasteiger partial charge in [-0.15, -0.1) is 11.3 Å². The van der Waals surface area contributed by atoms with E-state index in [1.165, 1.54) is 29.8 Å². The van der Waals surface area contributed by atoms with Crippen molar-refractivity contribution in [2.45, 2.75) is 50.3 Å². The molecule has 38 heavy (non-hydrogen) atoms. The standard InChI is InChI=1S/C25H23Cl2F3N4O2S2/c1-23(2,3)38(36)34-19(20-16(26)5-6-18(27)33-20)15-12-37-22-14(15)8-10-32-21(22)17-11-13(7-9-31-17)24(4,35)25(28,29)30/h5-12,19,34-35H,1-4H3. The SMILES string of the molecule is CC(C)(C)S(=O)NC(c1nc(Cl)ccc1Cl)c1csc2c(-c3cc(C(C)(O)C(F)(F)F)ccn3)nccc12. The molecule has 3 unspecified atom stereocenters. The van der Waals surface area contributed by atoms with E-state index in [9.17, 15) is 22.5 Å². The van der Waals surface area contributed by atoms with Gasteiger partial charge in [-0.2, -0.15) is 13.2 Å². The maximum absolute atomic E-state index is 13.5. The lowest BCUT2D eigenvalue weighted by molar-refractivity contribution is -0.258. The number of nitrogens with one attached hydrogen (secondary N) is 1. The van der Waals surface area contributed by atoms with Gasteiger partial charge in [0, 0.05) is 17.8 Å². The van der Waals surface area contributed by atoms with Gasteiger partial charge >= 0.3 is 6.18 Å². The Hall–Kier alpha value is -2.15. The molecule has 4 aromatic rings. The fourth-order valence-electron chi connectivity index (χ4n) is 3.60. The van der Waals surface area contributed by atoms with Gasteiger partial charge in [0.2, 0.25) is 0 Å². The highest BCUT2D eigenvalue weighted by Crippen LogP contribution is 2.42. The summed E-state index contributed by atoms with van der Waals surface area (Å²) in [5.41, 5.74) is -1.88. The van der Waals surface area contributed by atoms with Gasteiger partial charge in [0.25, 0.3) is 0 Å². The Bertz CT molecular complexity index is 1520. The summed E-state index contributed by atoms with van der Waals surface area (Å²) in [6, 6.07) is 6.46. The van der Waals surface area contributed by atoms with Gasteiger partial charge in [0.15, 0.2) is 5.60 Å². The van der Waals surface area contributed by atoms with Crippen molar-refractivity contribution in [3.8, 4) is 11.4 Å². The maximum atomic E-state index is 13.5. The monoisotopic (exact) mass is 602 g/mol. The lowest BCUT2D eigenvalue weighted by Crippen LogP contribution is -2.39. The smallest absolute Gasteiger partial charge is 0.376 e. The molecule has 0 aromatic carbocycles. The Labute approximate surface area is 233 Å². The van der Waals surface area contributed by atoms with Crippen LogP contribution in [0.1, 0.15) is 50.6 Å². The number of hydrogen-bond acceptors (Lipinski definition) is 6. The highest BCUT2D eigenvalue weighted by molar-refractivity contribution is 7.84. The summed E-state index contributed by atoms with van der Waals surface area (Å²) in [4.78, 5) is 13.0. The second-order valence-electron chi connectivity index (χ2n) is 9.66. The molecule has 0 amide bonds. The van der Waals surface area contributed by atoms with Crippen LogP contribution in [-0.4, -0.2) is 35.2 Å². The summed E-state index contributed by atoms with van der Waals surface area (Å²) >= 11 is 13.9. The van der Waals surface area contributed by atoms with Crippen LogP contribution < -0.4 is 4.72 Å². The van der Waals surface area contributed by atoms with Crippen molar-refractivity contribution in [1.82, 2.24) is 19.7 Å². The third-order valence-electron chi connectivity index (χ3n) is 5.84. The molecular weight excluding hydrogens is 580 g/mol. The lowest BCUT2D eigenvalue weighted by Gasteiger charge is -2.26. The number of alkyl halides is 3. The van der Waals surface area contributed by atoms with E-state index in [1.807, 2.05) is 26.2 Å². The molecule has 0 radical (unpaired) electrons. The van der Waals surface area contributed by atoms with Crippen LogP contribution in [0.3, 0.4) is 0 Å². The zero-order chi connectivity index (χ0) is 28.0. The van der Waals surface area contributed by atoms with E-state index >= 15 is 0 Å². The van der Waals surface area contributed by atoms with Crippen LogP contribution in [0, 0.1) is 0 Å². The number of aromatic nitrogens is 3. The van der Waals surface area contributed by atoms with Crippen molar-refractivity contribution >= 4 is 55.6 Å². The average Bonchev–Trinajstić information content (AvgIpc) is 3.27. The van der Waals surface area contributed by atoms with E-state index in [0.717, 1.165) is 6.07 Å². The van der Waals surface area contributed by atoms with Crippen LogP contribution in [0.5, 0.6) is 0 Å². The number of aliphatic hydroxyl groups is 1. The Morgan fingerprint density at radius 2 is 1.74 bits per heavy atom. The van der Waals surface area contributed by atoms with Gasteiger partial charge in [-0.25, -0.2) is 13.9 Å². The van der Waals surface area contributed by atoms with Gasteiger partial charge in [0.05, 0.1) is 42.9 Å². The Kier molecular flexibility index (Phi) is 7.92. The molecule has 0 aliphatic heterocycles. The number of rotatable bonds is 6. The minimum atomic E-state index is -4.88. The Morgan fingerprint density at radius 1 is 1.05 bits per heavy atom. The van der Waals surface area contributed by atoms with Crippen LogP contribution in [0.2, 0.25) is 10.2 Å². The van der Waals surface area contributed by atoms with E-state index in [2.05, 4.69) is 19.7 Å². The number of hydrogen-bond donors (Lipinski definition) is 2. The molecule has 0 bridgehead atoms. The molecule has 202 valence electrons. The van der Waals surface area contributed by atoms with E-state index in [4.69, 9.17) is 23.2 Å². The molecular formula is C25H23Cl2F3N4O2S2. The van der Waals surface area contributed by atoms with E-state index < -0.39 is 33.6 Å². The number of thiophene rings is 1. The van der Waals surface area contributed by atoms with Crippen LogP contribution in [0.4, 0.5) is 13.2 Å². The molecule has 0 aliphatic carbocycles. The fourth-order valence-corrected chi connectivity index (χ4v) is 5.86. The van der Waals surface area contributed by atoms with Gasteiger partial charge < -0.3 is 5.11 Å². The normalized spacial score (nSPS) is 15.8.